The molecule has 0 unspecified atom stereocenters. The van der Waals surface area contributed by atoms with Crippen LogP contribution in [-0.2, 0) is 10.7 Å². The SMILES string of the molecule is COCCNCC(F)(F)c1ccc2c(c1)OCCO2. The molecule has 0 spiro atoms. The molecule has 1 aromatic rings. The molecular formula is C13H17F2NO3. The van der Waals surface area contributed by atoms with Gasteiger partial charge in [-0.25, -0.2) is 0 Å². The summed E-state index contributed by atoms with van der Waals surface area (Å²) in [6.07, 6.45) is 0. The van der Waals surface area contributed by atoms with E-state index in [2.05, 4.69) is 5.32 Å². The Labute approximate surface area is 110 Å². The number of benzene rings is 1. The Bertz CT molecular complexity index is 426. The van der Waals surface area contributed by atoms with E-state index in [1.807, 2.05) is 0 Å². The Morgan fingerprint density at radius 2 is 2.00 bits per heavy atom. The van der Waals surface area contributed by atoms with E-state index in [9.17, 15) is 8.78 Å². The largest absolute Gasteiger partial charge is 0.486 e. The predicted octanol–water partition coefficient (Wildman–Crippen LogP) is 1.79. The van der Waals surface area contributed by atoms with Crippen LogP contribution in [-0.4, -0.2) is 40.0 Å². The standard InChI is InChI=1S/C13H17F2NO3/c1-17-5-4-16-9-13(14,15)10-2-3-11-12(8-10)19-7-6-18-11/h2-3,8,16H,4-7,9H2,1H3. The average molecular weight is 273 g/mol. The Morgan fingerprint density at radius 1 is 1.26 bits per heavy atom. The predicted molar refractivity (Wildman–Crippen MR) is 66.1 cm³/mol. The zero-order valence-electron chi connectivity index (χ0n) is 10.7. The number of halogens is 2. The van der Waals surface area contributed by atoms with Crippen LogP contribution < -0.4 is 14.8 Å². The van der Waals surface area contributed by atoms with Crippen LogP contribution in [0.3, 0.4) is 0 Å². The third kappa shape index (κ3) is 3.54. The van der Waals surface area contributed by atoms with Crippen LogP contribution in [0.15, 0.2) is 18.2 Å². The zero-order chi connectivity index (χ0) is 13.7. The highest BCUT2D eigenvalue weighted by Crippen LogP contribution is 2.36. The van der Waals surface area contributed by atoms with Crippen LogP contribution in [0.1, 0.15) is 5.56 Å². The maximum Gasteiger partial charge on any atom is 0.285 e. The fraction of sp³-hybridized carbons (Fsp3) is 0.538. The number of nitrogens with one attached hydrogen (secondary N) is 1. The van der Waals surface area contributed by atoms with Crippen molar-refractivity contribution < 1.29 is 23.0 Å². The van der Waals surface area contributed by atoms with E-state index in [-0.39, 0.29) is 5.56 Å². The maximum absolute atomic E-state index is 14.0. The van der Waals surface area contributed by atoms with E-state index in [0.29, 0.717) is 37.9 Å². The van der Waals surface area contributed by atoms with Gasteiger partial charge in [0.05, 0.1) is 13.2 Å². The lowest BCUT2D eigenvalue weighted by Gasteiger charge is -2.22. The van der Waals surface area contributed by atoms with Crippen LogP contribution in [0, 0.1) is 0 Å². The number of fused-ring (bicyclic) bond motifs is 1. The highest BCUT2D eigenvalue weighted by Gasteiger charge is 2.32. The molecular weight excluding hydrogens is 256 g/mol. The van der Waals surface area contributed by atoms with E-state index >= 15 is 0 Å². The van der Waals surface area contributed by atoms with Gasteiger partial charge in [0, 0.05) is 19.2 Å². The van der Waals surface area contributed by atoms with E-state index in [0.717, 1.165) is 0 Å². The molecule has 0 aromatic heterocycles. The molecule has 1 aliphatic rings. The van der Waals surface area contributed by atoms with Gasteiger partial charge in [-0.05, 0) is 18.2 Å². The summed E-state index contributed by atoms with van der Waals surface area (Å²) in [5.74, 6) is -2.07. The Hall–Kier alpha value is -1.40. The van der Waals surface area contributed by atoms with Gasteiger partial charge in [-0.15, -0.1) is 0 Å². The number of alkyl halides is 2. The minimum atomic E-state index is -2.95. The van der Waals surface area contributed by atoms with Gasteiger partial charge < -0.3 is 19.5 Å². The number of ether oxygens (including phenoxy) is 3. The van der Waals surface area contributed by atoms with Crippen molar-refractivity contribution in [3.05, 3.63) is 23.8 Å². The number of methoxy groups -OCH3 is 1. The highest BCUT2D eigenvalue weighted by molar-refractivity contribution is 5.45. The molecule has 4 nitrogen and oxygen atoms in total. The number of hydrogen-bond acceptors (Lipinski definition) is 4. The number of hydrogen-bond donors (Lipinski definition) is 1. The summed E-state index contributed by atoms with van der Waals surface area (Å²) in [7, 11) is 1.53. The van der Waals surface area contributed by atoms with E-state index in [4.69, 9.17) is 14.2 Å². The molecule has 0 atom stereocenters. The first-order valence-corrected chi connectivity index (χ1v) is 6.11. The minimum Gasteiger partial charge on any atom is -0.486 e. The van der Waals surface area contributed by atoms with Crippen molar-refractivity contribution in [1.29, 1.82) is 0 Å². The summed E-state index contributed by atoms with van der Waals surface area (Å²) in [5, 5.41) is 2.66. The van der Waals surface area contributed by atoms with Gasteiger partial charge in [0.15, 0.2) is 11.5 Å². The molecule has 106 valence electrons. The summed E-state index contributed by atoms with van der Waals surface area (Å²) < 4.78 is 43.3. The molecule has 1 heterocycles. The fourth-order valence-electron chi connectivity index (χ4n) is 1.79. The lowest BCUT2D eigenvalue weighted by atomic mass is 10.1. The fourth-order valence-corrected chi connectivity index (χ4v) is 1.79. The second-order valence-corrected chi connectivity index (χ2v) is 4.23. The Balaban J connectivity index is 2.03. The molecule has 0 amide bonds. The highest BCUT2D eigenvalue weighted by atomic mass is 19.3. The van der Waals surface area contributed by atoms with Gasteiger partial charge in [-0.3, -0.25) is 0 Å². The molecule has 19 heavy (non-hydrogen) atoms. The van der Waals surface area contributed by atoms with Crippen molar-refractivity contribution in [2.45, 2.75) is 5.92 Å². The van der Waals surface area contributed by atoms with Gasteiger partial charge in [-0.1, -0.05) is 0 Å². The summed E-state index contributed by atoms with van der Waals surface area (Å²) in [6, 6.07) is 4.23. The monoisotopic (exact) mass is 273 g/mol. The molecule has 0 saturated carbocycles. The normalized spacial score (nSPS) is 14.5. The first-order chi connectivity index (χ1) is 9.13. The summed E-state index contributed by atoms with van der Waals surface area (Å²) in [5.41, 5.74) is -0.0818. The van der Waals surface area contributed by atoms with Crippen molar-refractivity contribution in [3.63, 3.8) is 0 Å². The molecule has 1 N–H and O–H groups in total. The first-order valence-electron chi connectivity index (χ1n) is 6.11. The van der Waals surface area contributed by atoms with Crippen LogP contribution in [0.2, 0.25) is 0 Å². The van der Waals surface area contributed by atoms with E-state index in [1.54, 1.807) is 0 Å². The molecule has 0 radical (unpaired) electrons. The third-order valence-corrected chi connectivity index (χ3v) is 2.79. The molecule has 6 heteroatoms. The van der Waals surface area contributed by atoms with Crippen molar-refractivity contribution in [2.24, 2.45) is 0 Å². The zero-order valence-corrected chi connectivity index (χ0v) is 10.7. The molecule has 0 saturated heterocycles. The van der Waals surface area contributed by atoms with Gasteiger partial charge >= 0.3 is 0 Å². The smallest absolute Gasteiger partial charge is 0.285 e. The lowest BCUT2D eigenvalue weighted by molar-refractivity contribution is -0.00459. The van der Waals surface area contributed by atoms with Crippen LogP contribution >= 0.6 is 0 Å². The molecule has 2 rings (SSSR count). The maximum atomic E-state index is 14.0. The third-order valence-electron chi connectivity index (χ3n) is 2.79. The molecule has 0 fully saturated rings. The van der Waals surface area contributed by atoms with Crippen molar-refractivity contribution >= 4 is 0 Å². The molecule has 1 aromatic carbocycles. The van der Waals surface area contributed by atoms with Crippen LogP contribution in [0.25, 0.3) is 0 Å². The summed E-state index contributed by atoms with van der Waals surface area (Å²) >= 11 is 0. The van der Waals surface area contributed by atoms with Crippen molar-refractivity contribution in [3.8, 4) is 11.5 Å². The first kappa shape index (κ1) is 14.0. The average Bonchev–Trinajstić information content (AvgIpc) is 2.43. The molecule has 0 bridgehead atoms. The molecule has 1 aliphatic heterocycles. The van der Waals surface area contributed by atoms with E-state index in [1.165, 1.54) is 25.3 Å². The van der Waals surface area contributed by atoms with E-state index < -0.39 is 12.5 Å². The number of rotatable bonds is 6. The van der Waals surface area contributed by atoms with Gasteiger partial charge in [0.25, 0.3) is 5.92 Å². The quantitative estimate of drug-likeness (QED) is 0.802. The minimum absolute atomic E-state index is 0.0818. The Morgan fingerprint density at radius 3 is 2.74 bits per heavy atom. The second-order valence-electron chi connectivity index (χ2n) is 4.23. The van der Waals surface area contributed by atoms with Crippen molar-refractivity contribution in [2.75, 3.05) is 40.0 Å². The lowest BCUT2D eigenvalue weighted by Crippen LogP contribution is -2.32. The second kappa shape index (κ2) is 6.16. The van der Waals surface area contributed by atoms with Crippen LogP contribution in [0.5, 0.6) is 11.5 Å². The Kier molecular flexibility index (Phi) is 4.55. The van der Waals surface area contributed by atoms with Gasteiger partial charge in [0.1, 0.15) is 13.2 Å². The van der Waals surface area contributed by atoms with Crippen LogP contribution in [0.4, 0.5) is 8.78 Å². The van der Waals surface area contributed by atoms with Gasteiger partial charge in [0.2, 0.25) is 0 Å². The summed E-state index contributed by atoms with van der Waals surface area (Å²) in [6.45, 7) is 1.18. The molecule has 0 aliphatic carbocycles. The topological polar surface area (TPSA) is 39.7 Å². The van der Waals surface area contributed by atoms with Gasteiger partial charge in [-0.2, -0.15) is 8.78 Å². The van der Waals surface area contributed by atoms with Crippen molar-refractivity contribution in [1.82, 2.24) is 5.32 Å². The summed E-state index contributed by atoms with van der Waals surface area (Å²) in [4.78, 5) is 0.